The number of hydrogen-bond donors (Lipinski definition) is 2. The number of nitrogens with zero attached hydrogens (tertiary/aromatic N) is 2. The molecule has 0 aliphatic rings. The number of anilines is 1. The number of rotatable bonds is 6. The summed E-state index contributed by atoms with van der Waals surface area (Å²) in [5.74, 6) is 0.138. The van der Waals surface area contributed by atoms with Gasteiger partial charge in [-0.05, 0) is 36.1 Å². The van der Waals surface area contributed by atoms with Crippen LogP contribution in [0.25, 0.3) is 0 Å². The fourth-order valence-corrected chi connectivity index (χ4v) is 2.95. The zero-order chi connectivity index (χ0) is 19.4. The van der Waals surface area contributed by atoms with Crippen LogP contribution >= 0.6 is 11.6 Å². The van der Waals surface area contributed by atoms with Crippen LogP contribution in [-0.2, 0) is 13.0 Å². The maximum absolute atomic E-state index is 12.4. The van der Waals surface area contributed by atoms with Gasteiger partial charge in [-0.15, -0.1) is 0 Å². The highest BCUT2D eigenvalue weighted by Crippen LogP contribution is 2.16. The number of amides is 1. The molecule has 2 N–H and O–H groups in total. The van der Waals surface area contributed by atoms with E-state index in [0.29, 0.717) is 28.9 Å². The van der Waals surface area contributed by atoms with Crippen LogP contribution in [0.1, 0.15) is 35.6 Å². The van der Waals surface area contributed by atoms with Gasteiger partial charge in [-0.3, -0.25) is 14.7 Å². The largest absolute Gasteiger partial charge is 0.319 e. The number of nitrogens with one attached hydrogen (secondary N) is 2. The van der Waals surface area contributed by atoms with Crippen molar-refractivity contribution in [3.05, 3.63) is 81.0 Å². The minimum atomic E-state index is -0.329. The molecule has 0 radical (unpaired) electrons. The third-order valence-corrected chi connectivity index (χ3v) is 4.40. The first kappa shape index (κ1) is 18.9. The van der Waals surface area contributed by atoms with Crippen molar-refractivity contribution in [1.82, 2.24) is 14.8 Å². The van der Waals surface area contributed by atoms with Crippen LogP contribution < -0.4 is 10.9 Å². The Kier molecular flexibility index (Phi) is 5.76. The lowest BCUT2D eigenvalue weighted by molar-refractivity contribution is 0.102. The Balaban J connectivity index is 1.76. The van der Waals surface area contributed by atoms with Crippen molar-refractivity contribution in [2.75, 3.05) is 5.32 Å². The molecule has 7 heteroatoms. The minimum absolute atomic E-state index is 0.174. The molecule has 3 aromatic rings. The number of halogens is 1. The number of hydrogen-bond acceptors (Lipinski definition) is 3. The monoisotopic (exact) mass is 384 g/mol. The molecule has 1 aromatic carbocycles. The lowest BCUT2D eigenvalue weighted by Gasteiger charge is -2.10. The van der Waals surface area contributed by atoms with Crippen molar-refractivity contribution < 1.29 is 4.79 Å². The predicted octanol–water partition coefficient (Wildman–Crippen LogP) is 3.72. The second kappa shape index (κ2) is 8.22. The molecule has 2 aromatic heterocycles. The van der Waals surface area contributed by atoms with Gasteiger partial charge >= 0.3 is 0 Å². The number of aromatic nitrogens is 3. The molecular weight excluding hydrogens is 364 g/mol. The molecule has 0 atom stereocenters. The predicted molar refractivity (Wildman–Crippen MR) is 106 cm³/mol. The van der Waals surface area contributed by atoms with Crippen LogP contribution in [0.4, 0.5) is 5.69 Å². The van der Waals surface area contributed by atoms with Crippen molar-refractivity contribution in [3.63, 3.8) is 0 Å². The standard InChI is InChI=1S/C20H21ClN4O2/c1-13(2)9-16-10-18(24-23-16)20(27)22-15-7-8-19(26)25(12-15)11-14-5-3-4-6-17(14)21/h3-8,10,12-13H,9,11H2,1-2H3,(H,22,27)(H,23,24). The molecule has 0 saturated heterocycles. The van der Waals surface area contributed by atoms with Gasteiger partial charge in [0.2, 0.25) is 0 Å². The van der Waals surface area contributed by atoms with Crippen molar-refractivity contribution >= 4 is 23.2 Å². The molecule has 0 aliphatic carbocycles. The smallest absolute Gasteiger partial charge is 0.276 e. The molecule has 0 unspecified atom stereocenters. The van der Waals surface area contributed by atoms with E-state index >= 15 is 0 Å². The molecule has 27 heavy (non-hydrogen) atoms. The summed E-state index contributed by atoms with van der Waals surface area (Å²) in [4.78, 5) is 24.6. The van der Waals surface area contributed by atoms with Gasteiger partial charge in [0.05, 0.1) is 12.2 Å². The number of carbonyl (C=O) groups is 1. The average molecular weight is 385 g/mol. The van der Waals surface area contributed by atoms with Gasteiger partial charge in [-0.2, -0.15) is 5.10 Å². The molecule has 0 fully saturated rings. The summed E-state index contributed by atoms with van der Waals surface area (Å²) in [6.07, 6.45) is 2.42. The number of pyridine rings is 1. The fourth-order valence-electron chi connectivity index (χ4n) is 2.76. The van der Waals surface area contributed by atoms with Crippen molar-refractivity contribution in [3.8, 4) is 0 Å². The summed E-state index contributed by atoms with van der Waals surface area (Å²) in [6, 6.07) is 12.1. The van der Waals surface area contributed by atoms with E-state index in [1.54, 1.807) is 24.4 Å². The Hall–Kier alpha value is -2.86. The first-order chi connectivity index (χ1) is 12.9. The maximum atomic E-state index is 12.4. The van der Waals surface area contributed by atoms with E-state index in [1.807, 2.05) is 18.2 Å². The van der Waals surface area contributed by atoms with Crippen molar-refractivity contribution in [2.45, 2.75) is 26.8 Å². The SMILES string of the molecule is CC(C)Cc1cc(C(=O)Nc2ccc(=O)n(Cc3ccccc3Cl)c2)n[nH]1. The van der Waals surface area contributed by atoms with Gasteiger partial charge in [0.15, 0.2) is 5.69 Å². The van der Waals surface area contributed by atoms with E-state index < -0.39 is 0 Å². The molecule has 3 rings (SSSR count). The quantitative estimate of drug-likeness (QED) is 0.679. The Labute approximate surface area is 162 Å². The summed E-state index contributed by atoms with van der Waals surface area (Å²) < 4.78 is 1.51. The van der Waals surface area contributed by atoms with E-state index in [0.717, 1.165) is 17.7 Å². The molecule has 0 saturated carbocycles. The maximum Gasteiger partial charge on any atom is 0.276 e. The van der Waals surface area contributed by atoms with E-state index in [2.05, 4.69) is 29.4 Å². The molecule has 0 aliphatic heterocycles. The summed E-state index contributed by atoms with van der Waals surface area (Å²) in [5, 5.41) is 10.3. The second-order valence-corrected chi connectivity index (χ2v) is 7.21. The normalized spacial score (nSPS) is 11.0. The molecule has 6 nitrogen and oxygen atoms in total. The van der Waals surface area contributed by atoms with Gasteiger partial charge in [-0.25, -0.2) is 0 Å². The second-order valence-electron chi connectivity index (χ2n) is 6.81. The molecule has 2 heterocycles. The summed E-state index contributed by atoms with van der Waals surface area (Å²) >= 11 is 6.17. The average Bonchev–Trinajstić information content (AvgIpc) is 3.07. The number of carbonyl (C=O) groups excluding carboxylic acids is 1. The number of aromatic amines is 1. The molecular formula is C20H21ClN4O2. The van der Waals surface area contributed by atoms with E-state index in [4.69, 9.17) is 11.6 Å². The lowest BCUT2D eigenvalue weighted by Crippen LogP contribution is -2.21. The summed E-state index contributed by atoms with van der Waals surface area (Å²) in [6.45, 7) is 4.52. The van der Waals surface area contributed by atoms with Crippen LogP contribution in [0, 0.1) is 5.92 Å². The van der Waals surface area contributed by atoms with Gasteiger partial charge in [0.1, 0.15) is 0 Å². The van der Waals surface area contributed by atoms with E-state index in [9.17, 15) is 9.59 Å². The number of H-pyrrole nitrogens is 1. The van der Waals surface area contributed by atoms with Crippen molar-refractivity contribution in [2.24, 2.45) is 5.92 Å². The first-order valence-corrected chi connectivity index (χ1v) is 9.09. The topological polar surface area (TPSA) is 79.8 Å². The van der Waals surface area contributed by atoms with Gasteiger partial charge in [0.25, 0.3) is 11.5 Å². The highest BCUT2D eigenvalue weighted by atomic mass is 35.5. The molecule has 140 valence electrons. The third-order valence-electron chi connectivity index (χ3n) is 4.03. The van der Waals surface area contributed by atoms with E-state index in [1.165, 1.54) is 10.6 Å². The Morgan fingerprint density at radius 2 is 2.04 bits per heavy atom. The van der Waals surface area contributed by atoms with Crippen LogP contribution in [0.15, 0.2) is 53.5 Å². The van der Waals surface area contributed by atoms with Crippen LogP contribution in [0.5, 0.6) is 0 Å². The van der Waals surface area contributed by atoms with Crippen LogP contribution in [0.2, 0.25) is 5.02 Å². The van der Waals surface area contributed by atoms with E-state index in [-0.39, 0.29) is 11.5 Å². The highest BCUT2D eigenvalue weighted by molar-refractivity contribution is 6.31. The van der Waals surface area contributed by atoms with Crippen LogP contribution in [0.3, 0.4) is 0 Å². The molecule has 0 spiro atoms. The highest BCUT2D eigenvalue weighted by Gasteiger charge is 2.12. The Morgan fingerprint density at radius 3 is 2.78 bits per heavy atom. The van der Waals surface area contributed by atoms with Gasteiger partial charge in [0, 0.05) is 23.0 Å². The Bertz CT molecular complexity index is 1010. The number of benzene rings is 1. The van der Waals surface area contributed by atoms with Crippen LogP contribution in [-0.4, -0.2) is 20.7 Å². The Morgan fingerprint density at radius 1 is 1.26 bits per heavy atom. The molecule has 1 amide bonds. The fraction of sp³-hybridized carbons (Fsp3) is 0.250. The minimum Gasteiger partial charge on any atom is -0.319 e. The van der Waals surface area contributed by atoms with Gasteiger partial charge in [-0.1, -0.05) is 43.6 Å². The molecule has 0 bridgehead atoms. The zero-order valence-electron chi connectivity index (χ0n) is 15.2. The zero-order valence-corrected chi connectivity index (χ0v) is 16.0. The van der Waals surface area contributed by atoms with Crippen molar-refractivity contribution in [1.29, 1.82) is 0 Å². The summed E-state index contributed by atoms with van der Waals surface area (Å²) in [5.41, 5.74) is 2.40. The lowest BCUT2D eigenvalue weighted by atomic mass is 10.1. The van der Waals surface area contributed by atoms with Gasteiger partial charge < -0.3 is 9.88 Å². The third kappa shape index (κ3) is 4.86. The first-order valence-electron chi connectivity index (χ1n) is 8.72. The summed E-state index contributed by atoms with van der Waals surface area (Å²) in [7, 11) is 0.